The van der Waals surface area contributed by atoms with Crippen LogP contribution >= 0.6 is 0 Å². The molecule has 3 fully saturated rings. The summed E-state index contributed by atoms with van der Waals surface area (Å²) in [5, 5.41) is 16.8. The summed E-state index contributed by atoms with van der Waals surface area (Å²) in [6, 6.07) is 0.346. The molecule has 1 unspecified atom stereocenters. The predicted molar refractivity (Wildman–Crippen MR) is 118 cm³/mol. The van der Waals surface area contributed by atoms with Gasteiger partial charge in [0.2, 0.25) is 0 Å². The Bertz CT molecular complexity index is 1090. The normalized spacial score (nSPS) is 25.6. The maximum atomic E-state index is 13.2. The molecule has 9 heteroatoms. The van der Waals surface area contributed by atoms with E-state index in [1.54, 1.807) is 17.4 Å². The number of rotatable bonds is 3. The Morgan fingerprint density at radius 2 is 1.97 bits per heavy atom. The first kappa shape index (κ1) is 21.4. The zero-order chi connectivity index (χ0) is 22.7. The van der Waals surface area contributed by atoms with Crippen molar-refractivity contribution in [3.8, 4) is 0 Å². The average Bonchev–Trinajstić information content (AvgIpc) is 3.28. The zero-order valence-corrected chi connectivity index (χ0v) is 19.2. The Kier molecular flexibility index (Phi) is 4.89. The smallest absolute Gasteiger partial charge is 0.410 e. The third-order valence-electron chi connectivity index (χ3n) is 7.39. The molecule has 1 atom stereocenters. The molecular weight excluding hydrogens is 410 g/mol. The van der Waals surface area contributed by atoms with E-state index in [9.17, 15) is 14.7 Å². The van der Waals surface area contributed by atoms with Crippen molar-refractivity contribution in [1.29, 1.82) is 0 Å². The molecule has 1 amide bonds. The van der Waals surface area contributed by atoms with E-state index < -0.39 is 16.6 Å². The quantitative estimate of drug-likeness (QED) is 0.783. The first-order valence-electron chi connectivity index (χ1n) is 11.7. The summed E-state index contributed by atoms with van der Waals surface area (Å²) >= 11 is 0. The van der Waals surface area contributed by atoms with Gasteiger partial charge in [-0.05, 0) is 52.9 Å². The Morgan fingerprint density at radius 1 is 1.25 bits per heavy atom. The van der Waals surface area contributed by atoms with Crippen molar-refractivity contribution in [3.05, 3.63) is 22.9 Å². The zero-order valence-electron chi connectivity index (χ0n) is 19.2. The summed E-state index contributed by atoms with van der Waals surface area (Å²) < 4.78 is 8.96. The number of amides is 1. The van der Waals surface area contributed by atoms with Gasteiger partial charge in [0.25, 0.3) is 5.56 Å². The van der Waals surface area contributed by atoms with Crippen LogP contribution in [0.3, 0.4) is 0 Å². The fraction of sp³-hybridized carbons (Fsp3) is 0.739. The van der Waals surface area contributed by atoms with Crippen LogP contribution in [0, 0.1) is 5.41 Å². The van der Waals surface area contributed by atoms with Crippen LogP contribution in [0.1, 0.15) is 71.8 Å². The van der Waals surface area contributed by atoms with Crippen LogP contribution < -0.4 is 5.56 Å². The minimum atomic E-state index is -1.09. The molecule has 0 aromatic carbocycles. The van der Waals surface area contributed by atoms with E-state index in [1.165, 1.54) is 4.57 Å². The van der Waals surface area contributed by atoms with Gasteiger partial charge in [0.15, 0.2) is 5.65 Å². The molecule has 3 aliphatic rings. The van der Waals surface area contributed by atoms with E-state index in [4.69, 9.17) is 4.74 Å². The lowest BCUT2D eigenvalue weighted by atomic mass is 9.66. The Hall–Kier alpha value is -2.42. The minimum absolute atomic E-state index is 0.168. The van der Waals surface area contributed by atoms with Crippen LogP contribution in [0.4, 0.5) is 4.79 Å². The van der Waals surface area contributed by atoms with Crippen LogP contribution in [0.15, 0.2) is 17.3 Å². The van der Waals surface area contributed by atoms with Crippen molar-refractivity contribution in [3.63, 3.8) is 0 Å². The number of ether oxygens (including phenoxy) is 1. The number of fused-ring (bicyclic) bond motifs is 1. The number of carbonyl (C=O) groups excluding carboxylic acids is 1. The molecule has 32 heavy (non-hydrogen) atoms. The summed E-state index contributed by atoms with van der Waals surface area (Å²) in [5.41, 5.74) is -1.65. The Morgan fingerprint density at radius 3 is 2.62 bits per heavy atom. The average molecular weight is 444 g/mol. The standard InChI is InChI=1S/C23H33N5O4/c1-21(2,3)32-20(30)26-11-10-23(31,22(13-26)8-4-5-9-22)14-27-15-24-18-17(19(27)29)12-25-28(18)16-6-7-16/h12,15-16,31H,4-11,13-14H2,1-3H3. The predicted octanol–water partition coefficient (Wildman–Crippen LogP) is 2.86. The number of hydrogen-bond donors (Lipinski definition) is 1. The van der Waals surface area contributed by atoms with Gasteiger partial charge in [0.1, 0.15) is 17.3 Å². The van der Waals surface area contributed by atoms with Crippen molar-refractivity contribution in [2.24, 2.45) is 5.41 Å². The van der Waals surface area contributed by atoms with Crippen molar-refractivity contribution in [2.45, 2.75) is 89.5 Å². The number of likely N-dealkylation sites (tertiary alicyclic amines) is 1. The van der Waals surface area contributed by atoms with E-state index in [-0.39, 0.29) is 18.2 Å². The molecule has 1 aliphatic heterocycles. The highest BCUT2D eigenvalue weighted by Gasteiger charge is 2.56. The first-order valence-corrected chi connectivity index (χ1v) is 11.7. The highest BCUT2D eigenvalue weighted by Crippen LogP contribution is 2.51. The van der Waals surface area contributed by atoms with E-state index >= 15 is 0 Å². The molecule has 2 aromatic rings. The van der Waals surface area contributed by atoms with Gasteiger partial charge in [-0.2, -0.15) is 5.10 Å². The van der Waals surface area contributed by atoms with Crippen molar-refractivity contribution in [2.75, 3.05) is 13.1 Å². The molecule has 2 aliphatic carbocycles. The maximum absolute atomic E-state index is 13.2. The number of carbonyl (C=O) groups is 1. The maximum Gasteiger partial charge on any atom is 0.410 e. The summed E-state index contributed by atoms with van der Waals surface area (Å²) in [4.78, 5) is 32.2. The van der Waals surface area contributed by atoms with Gasteiger partial charge in [0, 0.05) is 18.5 Å². The highest BCUT2D eigenvalue weighted by molar-refractivity contribution is 5.73. The third-order valence-corrected chi connectivity index (χ3v) is 7.39. The van der Waals surface area contributed by atoms with Crippen molar-refractivity contribution < 1.29 is 14.6 Å². The summed E-state index contributed by atoms with van der Waals surface area (Å²) in [7, 11) is 0. The molecule has 9 nitrogen and oxygen atoms in total. The van der Waals surface area contributed by atoms with E-state index in [1.807, 2.05) is 25.5 Å². The fourth-order valence-corrected chi connectivity index (χ4v) is 5.53. The van der Waals surface area contributed by atoms with Crippen LogP contribution in [0.2, 0.25) is 0 Å². The Labute approximate surface area is 187 Å². The van der Waals surface area contributed by atoms with Gasteiger partial charge in [-0.15, -0.1) is 0 Å². The van der Waals surface area contributed by atoms with E-state index in [0.717, 1.165) is 38.5 Å². The first-order chi connectivity index (χ1) is 15.1. The molecule has 0 radical (unpaired) electrons. The lowest BCUT2D eigenvalue weighted by Gasteiger charge is -2.52. The molecule has 2 aromatic heterocycles. The van der Waals surface area contributed by atoms with Crippen molar-refractivity contribution in [1.82, 2.24) is 24.2 Å². The molecule has 3 heterocycles. The number of nitrogens with zero attached hydrogens (tertiary/aromatic N) is 5. The van der Waals surface area contributed by atoms with Gasteiger partial charge in [0.05, 0.1) is 24.4 Å². The summed E-state index contributed by atoms with van der Waals surface area (Å²) in [6.45, 7) is 6.59. The number of piperidine rings is 1. The van der Waals surface area contributed by atoms with Crippen molar-refractivity contribution >= 4 is 17.1 Å². The van der Waals surface area contributed by atoms with Gasteiger partial charge < -0.3 is 14.7 Å². The van der Waals surface area contributed by atoms with Gasteiger partial charge >= 0.3 is 6.09 Å². The second kappa shape index (κ2) is 7.30. The van der Waals surface area contributed by atoms with Crippen LogP contribution in [0.25, 0.3) is 11.0 Å². The van der Waals surface area contributed by atoms with Gasteiger partial charge in [-0.1, -0.05) is 12.8 Å². The SMILES string of the molecule is CC(C)(C)OC(=O)N1CCC(O)(Cn2cnc3c(cnn3C3CC3)c2=O)C2(CCCC2)C1. The molecule has 174 valence electrons. The summed E-state index contributed by atoms with van der Waals surface area (Å²) in [6.07, 6.45) is 9.01. The van der Waals surface area contributed by atoms with Crippen LogP contribution in [-0.4, -0.2) is 59.7 Å². The highest BCUT2D eigenvalue weighted by atomic mass is 16.6. The topological polar surface area (TPSA) is 102 Å². The number of aromatic nitrogens is 4. The molecular formula is C23H33N5O4. The monoisotopic (exact) mass is 443 g/mol. The largest absolute Gasteiger partial charge is 0.444 e. The van der Waals surface area contributed by atoms with Gasteiger partial charge in [-0.25, -0.2) is 14.5 Å². The Balaban J connectivity index is 1.42. The lowest BCUT2D eigenvalue weighted by molar-refractivity contribution is -0.140. The molecule has 1 saturated heterocycles. The van der Waals surface area contributed by atoms with Gasteiger partial charge in [-0.3, -0.25) is 9.36 Å². The number of aliphatic hydroxyl groups is 1. The fourth-order valence-electron chi connectivity index (χ4n) is 5.53. The third kappa shape index (κ3) is 3.60. The van der Waals surface area contributed by atoms with E-state index in [2.05, 4.69) is 10.1 Å². The summed E-state index contributed by atoms with van der Waals surface area (Å²) in [5.74, 6) is 0. The molecule has 5 rings (SSSR count). The second-order valence-corrected chi connectivity index (χ2v) is 10.9. The number of hydrogen-bond acceptors (Lipinski definition) is 6. The minimum Gasteiger partial charge on any atom is -0.444 e. The molecule has 1 N–H and O–H groups in total. The molecule has 0 bridgehead atoms. The van der Waals surface area contributed by atoms with Crippen LogP contribution in [-0.2, 0) is 11.3 Å². The molecule has 2 saturated carbocycles. The second-order valence-electron chi connectivity index (χ2n) is 10.9. The van der Waals surface area contributed by atoms with E-state index in [0.29, 0.717) is 36.6 Å². The lowest BCUT2D eigenvalue weighted by Crippen LogP contribution is -2.62. The van der Waals surface area contributed by atoms with Crippen LogP contribution in [0.5, 0.6) is 0 Å². The molecule has 1 spiro atoms.